The molecular formula is C13H27NO. The van der Waals surface area contributed by atoms with Gasteiger partial charge in [0.15, 0.2) is 0 Å². The summed E-state index contributed by atoms with van der Waals surface area (Å²) >= 11 is 0. The second kappa shape index (κ2) is 6.49. The van der Waals surface area contributed by atoms with Gasteiger partial charge >= 0.3 is 0 Å². The molecular weight excluding hydrogens is 186 g/mol. The molecule has 1 fully saturated rings. The number of aliphatic hydroxyl groups is 1. The molecule has 0 aromatic heterocycles. The second-order valence-corrected chi connectivity index (χ2v) is 5.58. The molecule has 0 aromatic carbocycles. The van der Waals surface area contributed by atoms with Crippen molar-refractivity contribution < 1.29 is 5.11 Å². The lowest BCUT2D eigenvalue weighted by atomic mass is 9.74. The highest BCUT2D eigenvalue weighted by Crippen LogP contribution is 2.35. The van der Waals surface area contributed by atoms with E-state index in [1.54, 1.807) is 0 Å². The summed E-state index contributed by atoms with van der Waals surface area (Å²) in [5, 5.41) is 13.0. The van der Waals surface area contributed by atoms with Gasteiger partial charge in [0.1, 0.15) is 0 Å². The minimum atomic E-state index is 0.204. The van der Waals surface area contributed by atoms with Crippen LogP contribution in [0.15, 0.2) is 0 Å². The van der Waals surface area contributed by atoms with Gasteiger partial charge in [-0.2, -0.15) is 0 Å². The summed E-state index contributed by atoms with van der Waals surface area (Å²) in [5.41, 5.74) is 0.204. The first-order valence-corrected chi connectivity index (χ1v) is 6.50. The van der Waals surface area contributed by atoms with E-state index in [9.17, 15) is 5.11 Å². The summed E-state index contributed by atoms with van der Waals surface area (Å²) in [5.74, 6) is 0.772. The van der Waals surface area contributed by atoms with Gasteiger partial charge in [0.25, 0.3) is 0 Å². The molecule has 2 N–H and O–H groups in total. The van der Waals surface area contributed by atoms with Gasteiger partial charge in [-0.15, -0.1) is 0 Å². The van der Waals surface area contributed by atoms with Crippen molar-refractivity contribution in [2.45, 2.75) is 52.4 Å². The van der Waals surface area contributed by atoms with Crippen LogP contribution in [0.3, 0.4) is 0 Å². The van der Waals surface area contributed by atoms with E-state index in [2.05, 4.69) is 19.2 Å². The Morgan fingerprint density at radius 1 is 1.20 bits per heavy atom. The SMILES string of the molecule is CC(C)CCNCC1(CO)CCCCC1. The Morgan fingerprint density at radius 2 is 1.87 bits per heavy atom. The fourth-order valence-corrected chi connectivity index (χ4v) is 2.44. The summed E-state index contributed by atoms with van der Waals surface area (Å²) in [4.78, 5) is 0. The average molecular weight is 213 g/mol. The molecule has 90 valence electrons. The Kier molecular flexibility index (Phi) is 5.62. The molecule has 15 heavy (non-hydrogen) atoms. The molecule has 1 saturated carbocycles. The van der Waals surface area contributed by atoms with E-state index in [4.69, 9.17) is 0 Å². The lowest BCUT2D eigenvalue weighted by molar-refractivity contribution is 0.0812. The fourth-order valence-electron chi connectivity index (χ4n) is 2.44. The van der Waals surface area contributed by atoms with Crippen molar-refractivity contribution in [3.63, 3.8) is 0 Å². The first-order chi connectivity index (χ1) is 7.18. The molecule has 0 aliphatic heterocycles. The third-order valence-electron chi connectivity index (χ3n) is 3.65. The monoisotopic (exact) mass is 213 g/mol. The number of hydrogen-bond acceptors (Lipinski definition) is 2. The smallest absolute Gasteiger partial charge is 0.0499 e. The van der Waals surface area contributed by atoms with Crippen LogP contribution in [0, 0.1) is 11.3 Å². The summed E-state index contributed by atoms with van der Waals surface area (Å²) in [6.45, 7) is 6.98. The van der Waals surface area contributed by atoms with Crippen LogP contribution >= 0.6 is 0 Å². The van der Waals surface area contributed by atoms with Crippen molar-refractivity contribution in [2.75, 3.05) is 19.7 Å². The van der Waals surface area contributed by atoms with E-state index in [-0.39, 0.29) is 5.41 Å². The maximum absolute atomic E-state index is 9.51. The quantitative estimate of drug-likeness (QED) is 0.665. The Hall–Kier alpha value is -0.0800. The van der Waals surface area contributed by atoms with Crippen molar-refractivity contribution in [3.05, 3.63) is 0 Å². The van der Waals surface area contributed by atoms with Gasteiger partial charge in [0, 0.05) is 18.6 Å². The summed E-state index contributed by atoms with van der Waals surface area (Å²) in [7, 11) is 0. The van der Waals surface area contributed by atoms with Crippen molar-refractivity contribution >= 4 is 0 Å². The zero-order chi connectivity index (χ0) is 11.1. The maximum atomic E-state index is 9.51. The van der Waals surface area contributed by atoms with Crippen molar-refractivity contribution in [1.82, 2.24) is 5.32 Å². The lowest BCUT2D eigenvalue weighted by Gasteiger charge is -2.35. The van der Waals surface area contributed by atoms with Crippen LogP contribution in [-0.2, 0) is 0 Å². The van der Waals surface area contributed by atoms with Gasteiger partial charge in [-0.05, 0) is 31.7 Å². The largest absolute Gasteiger partial charge is 0.396 e. The topological polar surface area (TPSA) is 32.3 Å². The van der Waals surface area contributed by atoms with Crippen LogP contribution in [0.1, 0.15) is 52.4 Å². The standard InChI is InChI=1S/C13H27NO/c1-12(2)6-9-14-10-13(11-15)7-4-3-5-8-13/h12,14-15H,3-11H2,1-2H3. The first kappa shape index (κ1) is 13.0. The van der Waals surface area contributed by atoms with Gasteiger partial charge in [-0.25, -0.2) is 0 Å². The minimum Gasteiger partial charge on any atom is -0.396 e. The maximum Gasteiger partial charge on any atom is 0.0499 e. The van der Waals surface area contributed by atoms with Gasteiger partial charge < -0.3 is 10.4 Å². The molecule has 1 aliphatic carbocycles. The molecule has 1 rings (SSSR count). The van der Waals surface area contributed by atoms with Gasteiger partial charge in [-0.1, -0.05) is 33.1 Å². The van der Waals surface area contributed by atoms with E-state index in [1.807, 2.05) is 0 Å². The lowest BCUT2D eigenvalue weighted by Crippen LogP contribution is -2.39. The second-order valence-electron chi connectivity index (χ2n) is 5.58. The van der Waals surface area contributed by atoms with Crippen LogP contribution in [0.25, 0.3) is 0 Å². The average Bonchev–Trinajstić information content (AvgIpc) is 2.26. The molecule has 0 bridgehead atoms. The van der Waals surface area contributed by atoms with Crippen molar-refractivity contribution in [3.8, 4) is 0 Å². The van der Waals surface area contributed by atoms with Crippen LogP contribution < -0.4 is 5.32 Å². The highest BCUT2D eigenvalue weighted by Gasteiger charge is 2.30. The van der Waals surface area contributed by atoms with Crippen LogP contribution in [0.5, 0.6) is 0 Å². The molecule has 1 aliphatic rings. The van der Waals surface area contributed by atoms with Gasteiger partial charge in [0.2, 0.25) is 0 Å². The molecule has 0 aromatic rings. The number of nitrogens with one attached hydrogen (secondary N) is 1. The zero-order valence-corrected chi connectivity index (χ0v) is 10.4. The molecule has 0 atom stereocenters. The highest BCUT2D eigenvalue weighted by atomic mass is 16.3. The van der Waals surface area contributed by atoms with E-state index >= 15 is 0 Å². The molecule has 2 nitrogen and oxygen atoms in total. The molecule has 0 heterocycles. The summed E-state index contributed by atoms with van der Waals surface area (Å²) in [6, 6.07) is 0. The number of rotatable bonds is 6. The Balaban J connectivity index is 2.20. The van der Waals surface area contributed by atoms with Crippen molar-refractivity contribution in [1.29, 1.82) is 0 Å². The zero-order valence-electron chi connectivity index (χ0n) is 10.4. The summed E-state index contributed by atoms with van der Waals surface area (Å²) in [6.07, 6.45) is 7.60. The van der Waals surface area contributed by atoms with Gasteiger partial charge in [-0.3, -0.25) is 0 Å². The van der Waals surface area contributed by atoms with Gasteiger partial charge in [0.05, 0.1) is 0 Å². The minimum absolute atomic E-state index is 0.204. The third-order valence-corrected chi connectivity index (χ3v) is 3.65. The first-order valence-electron chi connectivity index (χ1n) is 6.50. The van der Waals surface area contributed by atoms with Crippen LogP contribution in [0.4, 0.5) is 0 Å². The summed E-state index contributed by atoms with van der Waals surface area (Å²) < 4.78 is 0. The Bertz CT molecular complexity index is 162. The van der Waals surface area contributed by atoms with E-state index in [0.29, 0.717) is 6.61 Å². The normalized spacial score (nSPS) is 20.8. The van der Waals surface area contributed by atoms with E-state index in [0.717, 1.165) is 19.0 Å². The highest BCUT2D eigenvalue weighted by molar-refractivity contribution is 4.84. The fraction of sp³-hybridized carbons (Fsp3) is 1.00. The Morgan fingerprint density at radius 3 is 2.40 bits per heavy atom. The third kappa shape index (κ3) is 4.52. The predicted molar refractivity (Wildman–Crippen MR) is 64.9 cm³/mol. The molecule has 0 amide bonds. The van der Waals surface area contributed by atoms with Crippen LogP contribution in [-0.4, -0.2) is 24.8 Å². The molecule has 0 spiro atoms. The number of hydrogen-bond donors (Lipinski definition) is 2. The molecule has 0 radical (unpaired) electrons. The van der Waals surface area contributed by atoms with Crippen molar-refractivity contribution in [2.24, 2.45) is 11.3 Å². The molecule has 2 heteroatoms. The van der Waals surface area contributed by atoms with Crippen LogP contribution in [0.2, 0.25) is 0 Å². The van der Waals surface area contributed by atoms with E-state index in [1.165, 1.54) is 38.5 Å². The molecule has 0 unspecified atom stereocenters. The molecule has 0 saturated heterocycles. The van der Waals surface area contributed by atoms with E-state index < -0.39 is 0 Å². The predicted octanol–water partition coefficient (Wildman–Crippen LogP) is 2.56. The number of aliphatic hydroxyl groups excluding tert-OH is 1. The Labute approximate surface area is 94.5 Å².